The van der Waals surface area contributed by atoms with Gasteiger partial charge < -0.3 is 4.74 Å². The first kappa shape index (κ1) is 9.03. The largest absolute Gasteiger partial charge is 0.452 e. The molecule has 0 saturated heterocycles. The molecule has 0 aliphatic carbocycles. The number of hydrogen-bond acceptors (Lipinski definition) is 3. The molecule has 0 spiro atoms. The zero-order chi connectivity index (χ0) is 7.98. The summed E-state index contributed by atoms with van der Waals surface area (Å²) < 4.78 is 4.28. The number of carbonyl (C=O) groups excluding carboxylic acids is 2. The number of hydrogen-bond donors (Lipinski definition) is 0. The van der Waals surface area contributed by atoms with Crippen molar-refractivity contribution in [2.75, 3.05) is 6.61 Å². The quantitative estimate of drug-likeness (QED) is 0.338. The summed E-state index contributed by atoms with van der Waals surface area (Å²) in [7, 11) is 0. The molecule has 0 aromatic carbocycles. The summed E-state index contributed by atoms with van der Waals surface area (Å²) >= 11 is 4.71. The van der Waals surface area contributed by atoms with E-state index in [9.17, 15) is 9.59 Å². The third-order valence-corrected chi connectivity index (χ3v) is 0.554. The van der Waals surface area contributed by atoms with E-state index in [2.05, 4.69) is 15.0 Å². The molecule has 0 aromatic heterocycles. The van der Waals surface area contributed by atoms with Crippen molar-refractivity contribution in [2.45, 2.75) is 6.92 Å². The second kappa shape index (κ2) is 4.87. The maximum Gasteiger partial charge on any atom is 0.452 e. The van der Waals surface area contributed by atoms with Crippen molar-refractivity contribution in [2.24, 2.45) is 10.2 Å². The Kier molecular flexibility index (Phi) is 4.39. The molecule has 10 heavy (non-hydrogen) atoms. The Hall–Kier alpha value is -0.970. The normalized spacial score (nSPS) is 9.80. The third-order valence-electron chi connectivity index (χ3n) is 0.478. The second-order valence-corrected chi connectivity index (χ2v) is 1.48. The maximum atomic E-state index is 10.3. The van der Waals surface area contributed by atoms with Crippen LogP contribution in [-0.2, 0) is 4.74 Å². The van der Waals surface area contributed by atoms with E-state index in [1.807, 2.05) is 0 Å². The molecule has 0 saturated carbocycles. The van der Waals surface area contributed by atoms with Crippen LogP contribution < -0.4 is 0 Å². The smallest absolute Gasteiger partial charge is 0.447 e. The average molecular weight is 165 g/mol. The molecule has 0 atom stereocenters. The highest BCUT2D eigenvalue weighted by Crippen LogP contribution is 1.89. The molecule has 56 valence electrons. The minimum Gasteiger partial charge on any atom is -0.447 e. The summed E-state index contributed by atoms with van der Waals surface area (Å²) in [6.07, 6.45) is -0.920. The van der Waals surface area contributed by atoms with Crippen LogP contribution in [0.2, 0.25) is 0 Å². The predicted octanol–water partition coefficient (Wildman–Crippen LogP) is 1.95. The van der Waals surface area contributed by atoms with Gasteiger partial charge in [0, 0.05) is 0 Å². The van der Waals surface area contributed by atoms with E-state index in [0.717, 1.165) is 0 Å². The van der Waals surface area contributed by atoms with Crippen LogP contribution in [0.4, 0.5) is 9.59 Å². The summed E-state index contributed by atoms with van der Waals surface area (Å²) in [6.45, 7) is 1.80. The predicted molar refractivity (Wildman–Crippen MR) is 33.1 cm³/mol. The van der Waals surface area contributed by atoms with Gasteiger partial charge in [-0.25, -0.2) is 4.79 Å². The molecular formula is C4H5ClN2O3. The summed E-state index contributed by atoms with van der Waals surface area (Å²) in [5, 5.41) is 4.47. The first-order valence-corrected chi connectivity index (χ1v) is 2.82. The van der Waals surface area contributed by atoms with Crippen LogP contribution in [0.15, 0.2) is 10.2 Å². The number of rotatable bonds is 1. The molecule has 0 heterocycles. The van der Waals surface area contributed by atoms with Crippen LogP contribution in [-0.4, -0.2) is 18.1 Å². The van der Waals surface area contributed by atoms with Crippen molar-refractivity contribution in [3.05, 3.63) is 0 Å². The van der Waals surface area contributed by atoms with Crippen molar-refractivity contribution < 1.29 is 14.3 Å². The van der Waals surface area contributed by atoms with Crippen molar-refractivity contribution in [3.63, 3.8) is 0 Å². The standard InChI is InChI=1S/C4H5ClN2O3/c1-2-10-4(9)7-6-3(5)8/h2H2,1H3. The van der Waals surface area contributed by atoms with Crippen molar-refractivity contribution in [3.8, 4) is 0 Å². The van der Waals surface area contributed by atoms with Crippen LogP contribution in [0, 0.1) is 0 Å². The average Bonchev–Trinajstić information content (AvgIpc) is 1.85. The fourth-order valence-corrected chi connectivity index (χ4v) is 0.270. The third kappa shape index (κ3) is 5.17. The molecule has 6 heteroatoms. The lowest BCUT2D eigenvalue weighted by Crippen LogP contribution is -1.96. The van der Waals surface area contributed by atoms with Crippen molar-refractivity contribution >= 4 is 23.1 Å². The van der Waals surface area contributed by atoms with Crippen LogP contribution >= 0.6 is 11.6 Å². The lowest BCUT2D eigenvalue weighted by Gasteiger charge is -1.89. The van der Waals surface area contributed by atoms with Gasteiger partial charge >= 0.3 is 11.5 Å². The maximum absolute atomic E-state index is 10.3. The number of azo groups is 1. The summed E-state index contributed by atoms with van der Waals surface area (Å²) in [5.74, 6) is 0. The second-order valence-electron chi connectivity index (χ2n) is 1.15. The number of nitrogens with zero attached hydrogens (tertiary/aromatic N) is 2. The van der Waals surface area contributed by atoms with Crippen LogP contribution in [0.3, 0.4) is 0 Å². The van der Waals surface area contributed by atoms with Gasteiger partial charge in [0.1, 0.15) is 0 Å². The first-order valence-electron chi connectivity index (χ1n) is 2.44. The SMILES string of the molecule is CCOC(=O)N=NC(=O)Cl. The van der Waals surface area contributed by atoms with Crippen LogP contribution in [0.5, 0.6) is 0 Å². The van der Waals surface area contributed by atoms with Crippen LogP contribution in [0.1, 0.15) is 6.92 Å². The van der Waals surface area contributed by atoms with Gasteiger partial charge in [0.15, 0.2) is 0 Å². The Bertz CT molecular complexity index is 168. The molecule has 0 N–H and O–H groups in total. The monoisotopic (exact) mass is 164 g/mol. The Balaban J connectivity index is 3.67. The molecule has 0 unspecified atom stereocenters. The molecule has 0 aromatic rings. The fraction of sp³-hybridized carbons (Fsp3) is 0.500. The summed E-state index contributed by atoms with van der Waals surface area (Å²) in [4.78, 5) is 20.1. The number of halogens is 1. The van der Waals surface area contributed by atoms with Crippen LogP contribution in [0.25, 0.3) is 0 Å². The van der Waals surface area contributed by atoms with Gasteiger partial charge in [0.05, 0.1) is 6.61 Å². The highest BCUT2D eigenvalue weighted by molar-refractivity contribution is 6.63. The molecule has 0 radical (unpaired) electrons. The molecular weight excluding hydrogens is 160 g/mol. The lowest BCUT2D eigenvalue weighted by molar-refractivity contribution is 0.161. The Labute approximate surface area is 62.0 Å². The first-order chi connectivity index (χ1) is 4.66. The Morgan fingerprint density at radius 3 is 2.50 bits per heavy atom. The van der Waals surface area contributed by atoms with Gasteiger partial charge in [0.25, 0.3) is 0 Å². The van der Waals surface area contributed by atoms with Crippen molar-refractivity contribution in [1.82, 2.24) is 0 Å². The van der Waals surface area contributed by atoms with E-state index in [1.165, 1.54) is 0 Å². The number of ether oxygens (including phenoxy) is 1. The molecule has 0 aliphatic heterocycles. The van der Waals surface area contributed by atoms with Gasteiger partial charge in [-0.15, -0.1) is 0 Å². The topological polar surface area (TPSA) is 68.1 Å². The van der Waals surface area contributed by atoms with E-state index in [0.29, 0.717) is 0 Å². The van der Waals surface area contributed by atoms with Gasteiger partial charge in [-0.05, 0) is 18.5 Å². The fourth-order valence-electron chi connectivity index (χ4n) is 0.232. The van der Waals surface area contributed by atoms with Crippen molar-refractivity contribution in [1.29, 1.82) is 0 Å². The molecule has 5 nitrogen and oxygen atoms in total. The van der Waals surface area contributed by atoms with Gasteiger partial charge in [0.2, 0.25) is 0 Å². The zero-order valence-corrected chi connectivity index (χ0v) is 5.96. The lowest BCUT2D eigenvalue weighted by atomic mass is 10.9. The van der Waals surface area contributed by atoms with Gasteiger partial charge in [-0.2, -0.15) is 0 Å². The Morgan fingerprint density at radius 2 is 2.10 bits per heavy atom. The van der Waals surface area contributed by atoms with Gasteiger partial charge in [-0.3, -0.25) is 4.79 Å². The molecule has 0 aliphatic rings. The van der Waals surface area contributed by atoms with E-state index < -0.39 is 11.5 Å². The molecule has 0 rings (SSSR count). The summed E-state index contributed by atoms with van der Waals surface area (Å²) in [5.41, 5.74) is 0. The van der Waals surface area contributed by atoms with E-state index >= 15 is 0 Å². The van der Waals surface area contributed by atoms with E-state index in [1.54, 1.807) is 6.92 Å². The number of carbonyl (C=O) groups is 2. The molecule has 2 amide bonds. The highest BCUT2D eigenvalue weighted by atomic mass is 35.5. The minimum atomic E-state index is -1.05. The Morgan fingerprint density at radius 1 is 1.50 bits per heavy atom. The zero-order valence-electron chi connectivity index (χ0n) is 5.20. The number of amides is 2. The highest BCUT2D eigenvalue weighted by Gasteiger charge is 1.96. The van der Waals surface area contributed by atoms with E-state index in [-0.39, 0.29) is 6.61 Å². The van der Waals surface area contributed by atoms with Gasteiger partial charge in [-0.1, -0.05) is 10.2 Å². The molecule has 0 fully saturated rings. The molecule has 0 bridgehead atoms. The summed E-state index contributed by atoms with van der Waals surface area (Å²) in [6, 6.07) is 0. The van der Waals surface area contributed by atoms with E-state index in [4.69, 9.17) is 11.6 Å². The minimum absolute atomic E-state index is 0.189.